The molecule has 0 bridgehead atoms. The van der Waals surface area contributed by atoms with Gasteiger partial charge in [-0.2, -0.15) is 0 Å². The summed E-state index contributed by atoms with van der Waals surface area (Å²) in [5.74, 6) is -0.424. The third-order valence-corrected chi connectivity index (χ3v) is 18.9. The maximum absolute atomic E-state index is 12.1. The van der Waals surface area contributed by atoms with Gasteiger partial charge >= 0.3 is 0 Å². The Morgan fingerprint density at radius 2 is 1.23 bits per heavy atom. The first-order valence-electron chi connectivity index (χ1n) is 26.1. The fourth-order valence-corrected chi connectivity index (χ4v) is 14.6. The maximum atomic E-state index is 12.1. The Bertz CT molecular complexity index is 1900. The van der Waals surface area contributed by atoms with Crippen LogP contribution in [0.2, 0.25) is 0 Å². The maximum Gasteiger partial charge on any atom is 0.189 e. The van der Waals surface area contributed by atoms with Crippen LogP contribution in [0.15, 0.2) is 11.6 Å². The number of ether oxygens (including phenoxy) is 9. The van der Waals surface area contributed by atoms with Crippen molar-refractivity contribution in [3.05, 3.63) is 11.6 Å². The van der Waals surface area contributed by atoms with Crippen LogP contribution >= 0.6 is 0 Å². The fraction of sp³-hybridized carbons (Fsp3) is 0.959. The molecule has 73 heavy (non-hydrogen) atoms. The first kappa shape index (κ1) is 56.5. The van der Waals surface area contributed by atoms with Gasteiger partial charge in [-0.15, -0.1) is 0 Å². The highest BCUT2D eigenvalue weighted by Crippen LogP contribution is 2.70. The molecule has 0 aromatic heterocycles. The van der Waals surface area contributed by atoms with Crippen molar-refractivity contribution in [2.75, 3.05) is 19.8 Å². The standard InChI is InChI=1S/C49H80O24/c1-18(17-65-43-35(58)30(53)29(52)26(15-50)67-43)7-12-49(64)19(2)28-25(73-49)14-24-22-6-5-20-13-21(8-10-47(20,3)23(22)9-11-48(24,28)4)66-46-40(70-45-37(60)32(55)34(57)42(63)72-45)38(61)39(27(16-51)68-46)69-44-36(59)31(54)33(56)41(62)71-44/h5,18-19,21-46,50-64H,6-17H2,1-4H3/t18-,19-,21?,22+,23-,24-,25?,26+,27+,28+,29+,30-,31+,32+,33+,34+,35+,36+,37+,38-,39+,40+,41+,42+,43+,44-,45-,46+,47-,48-,49?/m0/s1. The highest BCUT2D eigenvalue weighted by atomic mass is 16.8. The van der Waals surface area contributed by atoms with Crippen molar-refractivity contribution in [2.45, 2.75) is 227 Å². The second-order valence-corrected chi connectivity index (χ2v) is 23.2. The Kier molecular flexibility index (Phi) is 16.9. The van der Waals surface area contributed by atoms with Gasteiger partial charge in [-0.1, -0.05) is 39.3 Å². The van der Waals surface area contributed by atoms with E-state index in [1.165, 1.54) is 5.57 Å². The SMILES string of the molecule is C[C@@H](CCC1(O)OC2C[C@H]3[C@@H]4CC=C5CC(O[C@@H]6O[C@H](CO)[C@@H](O[C@H]7O[C@@H](O)[C@H](O)[C@@H](O)[C@H]7O)[C@H](O)[C@H]6O[C@H]6O[C@@H](O)[C@H](O)[C@@H](O)[C@H]6O)CC[C@]5(C)[C@H]4CC[C@]3(C)[C@@H]2[C@@H]1C)CO[C@@H]1O[C@H](CO)[C@@H](O)[C@H](O)[C@H]1O. The first-order chi connectivity index (χ1) is 34.5. The molecule has 9 aliphatic rings. The van der Waals surface area contributed by atoms with Crippen molar-refractivity contribution in [1.82, 2.24) is 0 Å². The molecule has 4 aliphatic carbocycles. The highest BCUT2D eigenvalue weighted by Gasteiger charge is 2.68. The molecule has 0 amide bonds. The smallest absolute Gasteiger partial charge is 0.189 e. The molecular formula is C49H80O24. The van der Waals surface area contributed by atoms with Gasteiger partial charge in [-0.05, 0) is 91.8 Å². The van der Waals surface area contributed by atoms with E-state index in [2.05, 4.69) is 26.8 Å². The van der Waals surface area contributed by atoms with Gasteiger partial charge in [-0.25, -0.2) is 0 Å². The summed E-state index contributed by atoms with van der Waals surface area (Å²) < 4.78 is 53.0. The van der Waals surface area contributed by atoms with Gasteiger partial charge in [0.2, 0.25) is 0 Å². The summed E-state index contributed by atoms with van der Waals surface area (Å²) in [7, 11) is 0. The monoisotopic (exact) mass is 1050 g/mol. The summed E-state index contributed by atoms with van der Waals surface area (Å²) in [4.78, 5) is 0. The van der Waals surface area contributed by atoms with Crippen LogP contribution in [0.1, 0.15) is 85.5 Å². The van der Waals surface area contributed by atoms with Gasteiger partial charge in [0.1, 0.15) is 85.5 Å². The van der Waals surface area contributed by atoms with Crippen molar-refractivity contribution in [1.29, 1.82) is 0 Å². The molecular weight excluding hydrogens is 973 g/mol. The molecule has 3 unspecified atom stereocenters. The van der Waals surface area contributed by atoms with Crippen molar-refractivity contribution >= 4 is 0 Å². The summed E-state index contributed by atoms with van der Waals surface area (Å²) in [6.45, 7) is 7.49. The average molecular weight is 1050 g/mol. The summed E-state index contributed by atoms with van der Waals surface area (Å²) in [6.07, 6.45) is -26.3. The van der Waals surface area contributed by atoms with Gasteiger partial charge in [0.25, 0.3) is 0 Å². The van der Waals surface area contributed by atoms with Crippen LogP contribution in [-0.4, -0.2) is 238 Å². The lowest BCUT2D eigenvalue weighted by molar-refractivity contribution is -0.405. The molecule has 31 atom stereocenters. The molecule has 5 saturated heterocycles. The van der Waals surface area contributed by atoms with E-state index in [4.69, 9.17) is 42.6 Å². The Morgan fingerprint density at radius 3 is 1.86 bits per heavy atom. The van der Waals surface area contributed by atoms with Crippen LogP contribution in [0.25, 0.3) is 0 Å². The second-order valence-electron chi connectivity index (χ2n) is 23.2. The Balaban J connectivity index is 0.846. The predicted octanol–water partition coefficient (Wildman–Crippen LogP) is -4.12. The number of hydrogen-bond acceptors (Lipinski definition) is 24. The Hall–Kier alpha value is -1.22. The van der Waals surface area contributed by atoms with Crippen LogP contribution < -0.4 is 0 Å². The zero-order valence-corrected chi connectivity index (χ0v) is 41.6. The van der Waals surface area contributed by atoms with Gasteiger partial charge in [0.05, 0.1) is 32.0 Å². The lowest BCUT2D eigenvalue weighted by atomic mass is 9.47. The Labute approximate surface area is 422 Å². The number of aliphatic hydroxyl groups excluding tert-OH is 14. The summed E-state index contributed by atoms with van der Waals surface area (Å²) in [5, 5.41) is 158. The third kappa shape index (κ3) is 10.1. The minimum Gasteiger partial charge on any atom is -0.394 e. The topological polar surface area (TPSA) is 387 Å². The molecule has 0 aromatic carbocycles. The van der Waals surface area contributed by atoms with Crippen molar-refractivity contribution in [3.63, 3.8) is 0 Å². The minimum atomic E-state index is -2.01. The number of rotatable bonds is 14. The van der Waals surface area contributed by atoms with Crippen LogP contribution in [0.3, 0.4) is 0 Å². The molecule has 8 fully saturated rings. The molecule has 9 rings (SSSR count). The minimum absolute atomic E-state index is 0.0869. The molecule has 0 spiro atoms. The van der Waals surface area contributed by atoms with Gasteiger partial charge in [0.15, 0.2) is 43.5 Å². The molecule has 15 N–H and O–H groups in total. The van der Waals surface area contributed by atoms with Crippen LogP contribution in [0, 0.1) is 46.3 Å². The quantitative estimate of drug-likeness (QED) is 0.0735. The molecule has 24 nitrogen and oxygen atoms in total. The molecule has 0 radical (unpaired) electrons. The number of allylic oxidation sites excluding steroid dienone is 1. The van der Waals surface area contributed by atoms with E-state index in [-0.39, 0.29) is 41.3 Å². The van der Waals surface area contributed by atoms with Crippen LogP contribution in [0.5, 0.6) is 0 Å². The van der Waals surface area contributed by atoms with Crippen molar-refractivity contribution < 1.29 is 119 Å². The molecule has 3 saturated carbocycles. The number of aliphatic hydroxyl groups is 15. The first-order valence-corrected chi connectivity index (χ1v) is 26.1. The van der Waals surface area contributed by atoms with Crippen molar-refractivity contribution in [2.24, 2.45) is 46.3 Å². The van der Waals surface area contributed by atoms with Crippen LogP contribution in [-0.2, 0) is 42.6 Å². The van der Waals surface area contributed by atoms with Gasteiger partial charge in [-0.3, -0.25) is 0 Å². The fourth-order valence-electron chi connectivity index (χ4n) is 14.6. The summed E-state index contributed by atoms with van der Waals surface area (Å²) in [5.41, 5.74) is 0.934. The molecule has 0 aromatic rings. The highest BCUT2D eigenvalue weighted by molar-refractivity contribution is 5.26. The summed E-state index contributed by atoms with van der Waals surface area (Å²) >= 11 is 0. The van der Waals surface area contributed by atoms with E-state index < -0.39 is 148 Å². The lowest BCUT2D eigenvalue weighted by Gasteiger charge is -2.58. The second kappa shape index (κ2) is 21.8. The zero-order chi connectivity index (χ0) is 52.8. The van der Waals surface area contributed by atoms with E-state index in [0.717, 1.165) is 32.1 Å². The summed E-state index contributed by atoms with van der Waals surface area (Å²) in [6, 6.07) is 0. The lowest BCUT2D eigenvalue weighted by Crippen LogP contribution is -2.67. The van der Waals surface area contributed by atoms with E-state index in [1.807, 2.05) is 6.92 Å². The molecule has 5 aliphatic heterocycles. The Morgan fingerprint density at radius 1 is 0.644 bits per heavy atom. The van der Waals surface area contributed by atoms with E-state index in [0.29, 0.717) is 43.4 Å². The number of fused-ring (bicyclic) bond motifs is 7. The molecule has 24 heteroatoms. The number of hydrogen-bond donors (Lipinski definition) is 15. The van der Waals surface area contributed by atoms with E-state index in [1.54, 1.807) is 0 Å². The third-order valence-electron chi connectivity index (χ3n) is 18.9. The zero-order valence-electron chi connectivity index (χ0n) is 41.6. The molecule has 5 heterocycles. The van der Waals surface area contributed by atoms with E-state index >= 15 is 0 Å². The van der Waals surface area contributed by atoms with E-state index in [9.17, 15) is 76.6 Å². The predicted molar refractivity (Wildman–Crippen MR) is 242 cm³/mol. The van der Waals surface area contributed by atoms with Gasteiger partial charge in [0, 0.05) is 12.3 Å². The largest absolute Gasteiger partial charge is 0.394 e. The average Bonchev–Trinajstić information content (AvgIpc) is 3.80. The van der Waals surface area contributed by atoms with Crippen LogP contribution in [0.4, 0.5) is 0 Å². The van der Waals surface area contributed by atoms with Crippen molar-refractivity contribution in [3.8, 4) is 0 Å². The molecule has 420 valence electrons. The van der Waals surface area contributed by atoms with Gasteiger partial charge < -0.3 is 119 Å². The normalized spacial score (nSPS) is 55.5.